The molecule has 0 radical (unpaired) electrons. The lowest BCUT2D eigenvalue weighted by Crippen LogP contribution is -2.37. The molecule has 1 aliphatic rings. The molecule has 2 aromatic rings. The molecule has 1 atom stereocenters. The van der Waals surface area contributed by atoms with E-state index >= 15 is 0 Å². The van der Waals surface area contributed by atoms with Crippen molar-refractivity contribution in [1.29, 1.82) is 0 Å². The van der Waals surface area contributed by atoms with Gasteiger partial charge in [-0.1, -0.05) is 18.2 Å². The second-order valence-electron chi connectivity index (χ2n) is 7.05. The van der Waals surface area contributed by atoms with Crippen LogP contribution in [0, 0.1) is 0 Å². The number of likely N-dealkylation sites (N-methyl/N-ethyl adjacent to an activating group) is 2. The van der Waals surface area contributed by atoms with Crippen molar-refractivity contribution in [1.82, 2.24) is 24.9 Å². The number of carbonyl (C=O) groups is 1. The van der Waals surface area contributed by atoms with Gasteiger partial charge in [0, 0.05) is 37.5 Å². The van der Waals surface area contributed by atoms with Crippen LogP contribution in [0.1, 0.15) is 12.8 Å². The number of aromatic nitrogens is 2. The summed E-state index contributed by atoms with van der Waals surface area (Å²) in [5, 5.41) is 8.54. The van der Waals surface area contributed by atoms with Crippen molar-refractivity contribution in [3.63, 3.8) is 0 Å². The Labute approximate surface area is 153 Å². The molecular formula is C19H27N5O2. The van der Waals surface area contributed by atoms with Crippen molar-refractivity contribution in [2.45, 2.75) is 25.4 Å². The van der Waals surface area contributed by atoms with Gasteiger partial charge in [0.05, 0.1) is 18.1 Å². The van der Waals surface area contributed by atoms with Crippen LogP contribution in [0.3, 0.4) is 0 Å². The fourth-order valence-electron chi connectivity index (χ4n) is 3.41. The molecule has 1 saturated heterocycles. The molecule has 140 valence electrons. The van der Waals surface area contributed by atoms with Crippen molar-refractivity contribution in [2.24, 2.45) is 0 Å². The molecule has 0 aliphatic carbocycles. The minimum atomic E-state index is -0.123. The van der Waals surface area contributed by atoms with Crippen molar-refractivity contribution in [3.05, 3.63) is 40.8 Å². The highest BCUT2D eigenvalue weighted by Crippen LogP contribution is 2.12. The number of rotatable bonds is 7. The molecule has 2 heterocycles. The van der Waals surface area contributed by atoms with E-state index in [2.05, 4.69) is 34.3 Å². The number of fused-ring (bicyclic) bond motifs is 1. The maximum Gasteiger partial charge on any atom is 0.274 e. The van der Waals surface area contributed by atoms with Crippen LogP contribution in [0.15, 0.2) is 35.3 Å². The molecule has 1 amide bonds. The standard InChI is InChI=1S/C19H27N5O2/c1-22-10-7-16(14-22)23(2)11-8-18(25)20-9-12-24-19(26)17-6-4-3-5-15(17)13-21-24/h3-6,13,16H,7-12,14H2,1-2H3,(H,20,25)/t16-/m1/s1. The highest BCUT2D eigenvalue weighted by atomic mass is 16.1. The quantitative estimate of drug-likeness (QED) is 0.783. The van der Waals surface area contributed by atoms with Crippen LogP contribution < -0.4 is 10.9 Å². The third-order valence-corrected chi connectivity index (χ3v) is 5.09. The summed E-state index contributed by atoms with van der Waals surface area (Å²) >= 11 is 0. The van der Waals surface area contributed by atoms with Crippen molar-refractivity contribution in [3.8, 4) is 0 Å². The molecule has 1 N–H and O–H groups in total. The summed E-state index contributed by atoms with van der Waals surface area (Å²) in [5.74, 6) is 0.0111. The lowest BCUT2D eigenvalue weighted by atomic mass is 10.2. The average molecular weight is 357 g/mol. The van der Waals surface area contributed by atoms with Gasteiger partial charge >= 0.3 is 0 Å². The third kappa shape index (κ3) is 4.47. The molecule has 3 rings (SSSR count). The highest BCUT2D eigenvalue weighted by Gasteiger charge is 2.23. The monoisotopic (exact) mass is 357 g/mol. The largest absolute Gasteiger partial charge is 0.354 e. The summed E-state index contributed by atoms with van der Waals surface area (Å²) in [6.07, 6.45) is 3.31. The summed E-state index contributed by atoms with van der Waals surface area (Å²) in [6.45, 7) is 3.71. The minimum Gasteiger partial charge on any atom is -0.354 e. The van der Waals surface area contributed by atoms with E-state index in [1.807, 2.05) is 18.2 Å². The number of carbonyl (C=O) groups excluding carboxylic acids is 1. The highest BCUT2D eigenvalue weighted by molar-refractivity contribution is 5.80. The number of nitrogens with one attached hydrogen (secondary N) is 1. The van der Waals surface area contributed by atoms with Crippen molar-refractivity contribution in [2.75, 3.05) is 40.3 Å². The maximum absolute atomic E-state index is 12.4. The first-order valence-electron chi connectivity index (χ1n) is 9.15. The van der Waals surface area contributed by atoms with Crippen molar-refractivity contribution >= 4 is 16.7 Å². The molecule has 1 aliphatic heterocycles. The van der Waals surface area contributed by atoms with E-state index in [0.717, 1.165) is 31.4 Å². The molecule has 7 nitrogen and oxygen atoms in total. The number of nitrogens with zero attached hydrogens (tertiary/aromatic N) is 4. The summed E-state index contributed by atoms with van der Waals surface area (Å²) in [4.78, 5) is 29.0. The van der Waals surface area contributed by atoms with Gasteiger partial charge in [-0.05, 0) is 33.1 Å². The maximum atomic E-state index is 12.4. The Balaban J connectivity index is 1.44. The molecule has 0 bridgehead atoms. The summed E-state index contributed by atoms with van der Waals surface area (Å²) in [7, 11) is 4.21. The van der Waals surface area contributed by atoms with Crippen LogP contribution >= 0.6 is 0 Å². The van der Waals surface area contributed by atoms with E-state index in [1.165, 1.54) is 4.68 Å². The second kappa shape index (κ2) is 8.42. The normalized spacial score (nSPS) is 17.9. The number of likely N-dealkylation sites (tertiary alicyclic amines) is 1. The Morgan fingerprint density at radius 3 is 2.96 bits per heavy atom. The van der Waals surface area contributed by atoms with E-state index in [9.17, 15) is 9.59 Å². The third-order valence-electron chi connectivity index (χ3n) is 5.09. The van der Waals surface area contributed by atoms with Gasteiger partial charge in [0.15, 0.2) is 0 Å². The Morgan fingerprint density at radius 1 is 1.38 bits per heavy atom. The van der Waals surface area contributed by atoms with Crippen molar-refractivity contribution < 1.29 is 4.79 Å². The van der Waals surface area contributed by atoms with E-state index in [0.29, 0.717) is 30.9 Å². The summed E-state index contributed by atoms with van der Waals surface area (Å²) < 4.78 is 1.41. The molecule has 0 unspecified atom stereocenters. The number of benzene rings is 1. The zero-order chi connectivity index (χ0) is 18.5. The fourth-order valence-corrected chi connectivity index (χ4v) is 3.41. The predicted octanol–water partition coefficient (Wildman–Crippen LogP) is 0.539. The average Bonchev–Trinajstić information content (AvgIpc) is 3.08. The summed E-state index contributed by atoms with van der Waals surface area (Å²) in [6, 6.07) is 7.93. The zero-order valence-electron chi connectivity index (χ0n) is 15.5. The Hall–Kier alpha value is -2.25. The van der Waals surface area contributed by atoms with Crippen LogP contribution in [0.4, 0.5) is 0 Å². The first kappa shape index (κ1) is 18.5. The second-order valence-corrected chi connectivity index (χ2v) is 7.05. The molecule has 1 aromatic heterocycles. The van der Waals surface area contributed by atoms with Gasteiger partial charge in [0.1, 0.15) is 0 Å². The molecule has 0 saturated carbocycles. The smallest absolute Gasteiger partial charge is 0.274 e. The number of hydrogen-bond acceptors (Lipinski definition) is 5. The van der Waals surface area contributed by atoms with Gasteiger partial charge in [0.2, 0.25) is 5.91 Å². The van der Waals surface area contributed by atoms with E-state index in [-0.39, 0.29) is 11.5 Å². The van der Waals surface area contributed by atoms with Crippen LogP contribution in [0.25, 0.3) is 10.8 Å². The Bertz CT molecular complexity index is 819. The topological polar surface area (TPSA) is 70.5 Å². The number of hydrogen-bond donors (Lipinski definition) is 1. The van der Waals surface area contributed by atoms with Gasteiger partial charge < -0.3 is 15.1 Å². The molecule has 1 fully saturated rings. The Kier molecular flexibility index (Phi) is 6.00. The van der Waals surface area contributed by atoms with E-state index in [4.69, 9.17) is 0 Å². The lowest BCUT2D eigenvalue weighted by molar-refractivity contribution is -0.121. The Morgan fingerprint density at radius 2 is 2.19 bits per heavy atom. The van der Waals surface area contributed by atoms with Gasteiger partial charge in [-0.25, -0.2) is 4.68 Å². The summed E-state index contributed by atoms with van der Waals surface area (Å²) in [5.41, 5.74) is -0.123. The van der Waals surface area contributed by atoms with Gasteiger partial charge in [-0.3, -0.25) is 9.59 Å². The molecule has 0 spiro atoms. The van der Waals surface area contributed by atoms with Gasteiger partial charge in [-0.2, -0.15) is 5.10 Å². The fraction of sp³-hybridized carbons (Fsp3) is 0.526. The minimum absolute atomic E-state index is 0.0111. The van der Waals surface area contributed by atoms with E-state index in [1.54, 1.807) is 12.3 Å². The SMILES string of the molecule is CN1CC[C@@H](N(C)CCC(=O)NCCn2ncc3ccccc3c2=O)C1. The molecular weight excluding hydrogens is 330 g/mol. The van der Waals surface area contributed by atoms with Crippen LogP contribution in [0.2, 0.25) is 0 Å². The molecule has 1 aromatic carbocycles. The first-order valence-corrected chi connectivity index (χ1v) is 9.15. The van der Waals surface area contributed by atoms with E-state index < -0.39 is 0 Å². The van der Waals surface area contributed by atoms with Crippen LogP contribution in [0.5, 0.6) is 0 Å². The van der Waals surface area contributed by atoms with Gasteiger partial charge in [-0.15, -0.1) is 0 Å². The predicted molar refractivity (Wildman–Crippen MR) is 102 cm³/mol. The van der Waals surface area contributed by atoms with Crippen LogP contribution in [-0.4, -0.2) is 71.8 Å². The van der Waals surface area contributed by atoms with Gasteiger partial charge in [0.25, 0.3) is 5.56 Å². The molecule has 7 heteroatoms. The molecule has 26 heavy (non-hydrogen) atoms. The first-order chi connectivity index (χ1) is 12.5. The van der Waals surface area contributed by atoms with Crippen LogP contribution in [-0.2, 0) is 11.3 Å². The lowest BCUT2D eigenvalue weighted by Gasteiger charge is -2.23. The zero-order valence-corrected chi connectivity index (χ0v) is 15.5. The number of amides is 1.